The zero-order valence-corrected chi connectivity index (χ0v) is 11.4. The van der Waals surface area contributed by atoms with E-state index in [9.17, 15) is 0 Å². The minimum atomic E-state index is -0.0177. The number of nitrogens with one attached hydrogen (secondary N) is 1. The molecule has 0 aromatic carbocycles. The normalized spacial score (nSPS) is 13.3. The number of fused-ring (bicyclic) bond motifs is 1. The SMILES string of the molecule is CC(C)(C)c1cnc2c(C(C)(C)C)n[nH]c2n1. The van der Waals surface area contributed by atoms with Gasteiger partial charge < -0.3 is 0 Å². The van der Waals surface area contributed by atoms with Crippen LogP contribution in [0.25, 0.3) is 11.2 Å². The summed E-state index contributed by atoms with van der Waals surface area (Å²) in [5.41, 5.74) is 3.60. The molecule has 0 unspecified atom stereocenters. The second-order valence-electron chi connectivity index (χ2n) is 6.52. The maximum absolute atomic E-state index is 4.60. The maximum Gasteiger partial charge on any atom is 0.174 e. The first kappa shape index (κ1) is 12.0. The maximum atomic E-state index is 4.60. The van der Waals surface area contributed by atoms with E-state index in [0.29, 0.717) is 0 Å². The monoisotopic (exact) mass is 232 g/mol. The van der Waals surface area contributed by atoms with Crippen molar-refractivity contribution in [2.24, 2.45) is 0 Å². The fourth-order valence-corrected chi connectivity index (χ4v) is 1.69. The van der Waals surface area contributed by atoms with Crippen LogP contribution in [0.5, 0.6) is 0 Å². The number of hydrogen-bond donors (Lipinski definition) is 1. The minimum absolute atomic E-state index is 0.00813. The molecule has 4 nitrogen and oxygen atoms in total. The van der Waals surface area contributed by atoms with Gasteiger partial charge in [0.05, 0.1) is 11.4 Å². The van der Waals surface area contributed by atoms with Crippen LogP contribution in [0.2, 0.25) is 0 Å². The number of aromatic amines is 1. The highest BCUT2D eigenvalue weighted by Gasteiger charge is 2.23. The van der Waals surface area contributed by atoms with Crippen LogP contribution in [0.3, 0.4) is 0 Å². The predicted molar refractivity (Wildman–Crippen MR) is 69.1 cm³/mol. The molecule has 4 heteroatoms. The summed E-state index contributed by atoms with van der Waals surface area (Å²) in [6, 6.07) is 0. The second kappa shape index (κ2) is 3.52. The van der Waals surface area contributed by atoms with Crippen LogP contribution >= 0.6 is 0 Å². The summed E-state index contributed by atoms with van der Waals surface area (Å²) in [4.78, 5) is 9.12. The topological polar surface area (TPSA) is 54.5 Å². The quantitative estimate of drug-likeness (QED) is 0.759. The van der Waals surface area contributed by atoms with Crippen LogP contribution in [-0.4, -0.2) is 20.2 Å². The first-order chi connectivity index (χ1) is 7.69. The Bertz CT molecular complexity index is 541. The van der Waals surface area contributed by atoms with Gasteiger partial charge in [-0.2, -0.15) is 5.10 Å². The van der Waals surface area contributed by atoms with Gasteiger partial charge >= 0.3 is 0 Å². The van der Waals surface area contributed by atoms with E-state index in [4.69, 9.17) is 0 Å². The Balaban J connectivity index is 2.61. The zero-order chi connectivity index (χ0) is 12.8. The fraction of sp³-hybridized carbons (Fsp3) is 0.615. The minimum Gasteiger partial charge on any atom is -0.259 e. The summed E-state index contributed by atoms with van der Waals surface area (Å²) in [5, 5.41) is 7.32. The van der Waals surface area contributed by atoms with Crippen LogP contribution < -0.4 is 0 Å². The average molecular weight is 232 g/mol. The smallest absolute Gasteiger partial charge is 0.174 e. The number of H-pyrrole nitrogens is 1. The van der Waals surface area contributed by atoms with Gasteiger partial charge in [0.1, 0.15) is 5.52 Å². The molecule has 0 amide bonds. The van der Waals surface area contributed by atoms with Crippen molar-refractivity contribution in [1.82, 2.24) is 20.2 Å². The van der Waals surface area contributed by atoms with Gasteiger partial charge in [0, 0.05) is 17.0 Å². The van der Waals surface area contributed by atoms with Gasteiger partial charge in [-0.15, -0.1) is 0 Å². The molecule has 0 aliphatic rings. The molecule has 0 saturated carbocycles. The molecule has 17 heavy (non-hydrogen) atoms. The van der Waals surface area contributed by atoms with Gasteiger partial charge in [-0.25, -0.2) is 9.97 Å². The molecule has 0 fully saturated rings. The summed E-state index contributed by atoms with van der Waals surface area (Å²) in [6.07, 6.45) is 1.85. The first-order valence-corrected chi connectivity index (χ1v) is 5.91. The fourth-order valence-electron chi connectivity index (χ4n) is 1.69. The largest absolute Gasteiger partial charge is 0.259 e. The third kappa shape index (κ3) is 2.16. The van der Waals surface area contributed by atoms with E-state index in [2.05, 4.69) is 61.7 Å². The Hall–Kier alpha value is -1.45. The Morgan fingerprint density at radius 3 is 2.18 bits per heavy atom. The van der Waals surface area contributed by atoms with Crippen molar-refractivity contribution < 1.29 is 0 Å². The van der Waals surface area contributed by atoms with E-state index in [0.717, 1.165) is 22.6 Å². The van der Waals surface area contributed by atoms with Crippen molar-refractivity contribution in [2.45, 2.75) is 52.4 Å². The Morgan fingerprint density at radius 1 is 1.00 bits per heavy atom. The molecule has 0 aliphatic carbocycles. The average Bonchev–Trinajstić information content (AvgIpc) is 2.57. The summed E-state index contributed by atoms with van der Waals surface area (Å²) in [6.45, 7) is 12.8. The molecule has 0 spiro atoms. The first-order valence-electron chi connectivity index (χ1n) is 5.91. The number of rotatable bonds is 0. The standard InChI is InChI=1S/C13H20N4/c1-12(2,3)8-7-14-9-10(13(4,5)6)16-17-11(9)15-8/h7H,1-6H3,(H,15,16,17). The summed E-state index contributed by atoms with van der Waals surface area (Å²) >= 11 is 0. The number of nitrogens with zero attached hydrogens (tertiary/aromatic N) is 3. The van der Waals surface area contributed by atoms with E-state index in [1.54, 1.807) is 0 Å². The van der Waals surface area contributed by atoms with Gasteiger partial charge in [-0.3, -0.25) is 5.10 Å². The molecule has 92 valence electrons. The highest BCUT2D eigenvalue weighted by atomic mass is 15.2. The molecule has 0 aliphatic heterocycles. The van der Waals surface area contributed by atoms with Crippen LogP contribution in [0.15, 0.2) is 6.20 Å². The second-order valence-corrected chi connectivity index (χ2v) is 6.52. The van der Waals surface area contributed by atoms with E-state index in [1.807, 2.05) is 6.20 Å². The number of aromatic nitrogens is 4. The van der Waals surface area contributed by atoms with Crippen molar-refractivity contribution in [2.75, 3.05) is 0 Å². The van der Waals surface area contributed by atoms with E-state index < -0.39 is 0 Å². The van der Waals surface area contributed by atoms with E-state index in [-0.39, 0.29) is 10.8 Å². The lowest BCUT2D eigenvalue weighted by Crippen LogP contribution is -2.15. The molecule has 0 saturated heterocycles. The Kier molecular flexibility index (Phi) is 2.49. The van der Waals surface area contributed by atoms with Crippen LogP contribution in [0.1, 0.15) is 52.9 Å². The lowest BCUT2D eigenvalue weighted by atomic mass is 9.91. The molecular formula is C13H20N4. The molecule has 2 aromatic rings. The zero-order valence-electron chi connectivity index (χ0n) is 11.4. The number of hydrogen-bond acceptors (Lipinski definition) is 3. The molecular weight excluding hydrogens is 212 g/mol. The van der Waals surface area contributed by atoms with Crippen molar-refractivity contribution >= 4 is 11.2 Å². The van der Waals surface area contributed by atoms with Crippen LogP contribution in [-0.2, 0) is 10.8 Å². The molecule has 1 N–H and O–H groups in total. The van der Waals surface area contributed by atoms with Gasteiger partial charge in [0.2, 0.25) is 0 Å². The van der Waals surface area contributed by atoms with Gasteiger partial charge in [0.15, 0.2) is 5.65 Å². The van der Waals surface area contributed by atoms with Gasteiger partial charge in [0.25, 0.3) is 0 Å². The van der Waals surface area contributed by atoms with Gasteiger partial charge in [-0.1, -0.05) is 41.5 Å². The lowest BCUT2D eigenvalue weighted by molar-refractivity contribution is 0.567. The van der Waals surface area contributed by atoms with Crippen molar-refractivity contribution in [3.8, 4) is 0 Å². The molecule has 2 rings (SSSR count). The summed E-state index contributed by atoms with van der Waals surface area (Å²) in [5.74, 6) is 0. The molecule has 0 atom stereocenters. The van der Waals surface area contributed by atoms with Crippen molar-refractivity contribution in [3.05, 3.63) is 17.6 Å². The van der Waals surface area contributed by atoms with Crippen molar-refractivity contribution in [1.29, 1.82) is 0 Å². The Labute approximate surface area is 102 Å². The summed E-state index contributed by atoms with van der Waals surface area (Å²) in [7, 11) is 0. The van der Waals surface area contributed by atoms with E-state index >= 15 is 0 Å². The molecule has 0 bridgehead atoms. The molecule has 2 aromatic heterocycles. The van der Waals surface area contributed by atoms with Gasteiger partial charge in [-0.05, 0) is 0 Å². The predicted octanol–water partition coefficient (Wildman–Crippen LogP) is 2.95. The lowest BCUT2D eigenvalue weighted by Gasteiger charge is -2.17. The third-order valence-electron chi connectivity index (χ3n) is 2.75. The highest BCUT2D eigenvalue weighted by molar-refractivity contribution is 5.73. The highest BCUT2D eigenvalue weighted by Crippen LogP contribution is 2.27. The summed E-state index contributed by atoms with van der Waals surface area (Å²) < 4.78 is 0. The Morgan fingerprint density at radius 2 is 1.65 bits per heavy atom. The third-order valence-corrected chi connectivity index (χ3v) is 2.75. The van der Waals surface area contributed by atoms with Crippen LogP contribution in [0, 0.1) is 0 Å². The van der Waals surface area contributed by atoms with Crippen LogP contribution in [0.4, 0.5) is 0 Å². The van der Waals surface area contributed by atoms with Crippen molar-refractivity contribution in [3.63, 3.8) is 0 Å². The molecule has 0 radical (unpaired) electrons. The van der Waals surface area contributed by atoms with E-state index in [1.165, 1.54) is 0 Å². The molecule has 2 heterocycles.